The number of benzene rings is 1. The van der Waals surface area contributed by atoms with Gasteiger partial charge in [-0.2, -0.15) is 0 Å². The van der Waals surface area contributed by atoms with E-state index in [2.05, 4.69) is 10.3 Å². The number of hydrogen-bond donors (Lipinski definition) is 1. The molecule has 0 fully saturated rings. The summed E-state index contributed by atoms with van der Waals surface area (Å²) in [5.41, 5.74) is 1.79. The lowest BCUT2D eigenvalue weighted by atomic mass is 10.1. The van der Waals surface area contributed by atoms with Crippen LogP contribution in [0, 0.1) is 9.39 Å². The first kappa shape index (κ1) is 16.2. The van der Waals surface area contributed by atoms with Gasteiger partial charge in [0.15, 0.2) is 0 Å². The predicted octanol–water partition coefficient (Wildman–Crippen LogP) is 4.68. The van der Waals surface area contributed by atoms with E-state index < -0.39 is 0 Å². The van der Waals surface area contributed by atoms with Crippen molar-refractivity contribution in [3.8, 4) is 0 Å². The molecule has 1 amide bonds. The van der Waals surface area contributed by atoms with Crippen LogP contribution >= 0.6 is 34.2 Å². The number of aromatic nitrogens is 1. The lowest BCUT2D eigenvalue weighted by Gasteiger charge is -2.09. The maximum absolute atomic E-state index is 13.1. The second-order valence-corrected chi connectivity index (χ2v) is 6.05. The number of amides is 1. The Morgan fingerprint density at radius 2 is 2.14 bits per heavy atom. The molecule has 1 heterocycles. The van der Waals surface area contributed by atoms with Crippen molar-refractivity contribution in [1.82, 2.24) is 4.98 Å². The molecule has 6 heteroatoms. The zero-order valence-electron chi connectivity index (χ0n) is 11.3. The van der Waals surface area contributed by atoms with Crippen molar-refractivity contribution in [2.45, 2.75) is 19.8 Å². The number of anilines is 1. The second kappa shape index (κ2) is 7.17. The number of nitrogens with one attached hydrogen (secondary N) is 1. The van der Waals surface area contributed by atoms with Crippen molar-refractivity contribution in [2.75, 3.05) is 5.32 Å². The summed E-state index contributed by atoms with van der Waals surface area (Å²) in [7, 11) is 0. The smallest absolute Gasteiger partial charge is 0.255 e. The molecule has 0 radical (unpaired) electrons. The van der Waals surface area contributed by atoms with E-state index in [1.165, 1.54) is 24.3 Å². The summed E-state index contributed by atoms with van der Waals surface area (Å²) < 4.78 is 13.7. The monoisotopic (exact) mass is 418 g/mol. The number of aryl methyl sites for hydroxylation is 1. The van der Waals surface area contributed by atoms with Crippen LogP contribution < -0.4 is 5.32 Å². The van der Waals surface area contributed by atoms with Gasteiger partial charge in [0, 0.05) is 14.8 Å². The Morgan fingerprint density at radius 3 is 2.81 bits per heavy atom. The van der Waals surface area contributed by atoms with Crippen LogP contribution in [0.3, 0.4) is 0 Å². The molecule has 21 heavy (non-hydrogen) atoms. The van der Waals surface area contributed by atoms with Crippen molar-refractivity contribution in [1.29, 1.82) is 0 Å². The highest BCUT2D eigenvalue weighted by molar-refractivity contribution is 14.1. The van der Waals surface area contributed by atoms with Gasteiger partial charge in [-0.15, -0.1) is 0 Å². The lowest BCUT2D eigenvalue weighted by Crippen LogP contribution is -2.13. The standard InChI is InChI=1S/C15H13ClFIN2O/c1-2-3-11-6-9(7-14(16)19-11)15(21)20-13-5-4-10(17)8-12(13)18/h4-8H,2-3H2,1H3,(H,20,21). The summed E-state index contributed by atoms with van der Waals surface area (Å²) in [5.74, 6) is -0.629. The van der Waals surface area contributed by atoms with Crippen molar-refractivity contribution < 1.29 is 9.18 Å². The minimum atomic E-state index is -0.338. The van der Waals surface area contributed by atoms with Crippen LogP contribution in [0.4, 0.5) is 10.1 Å². The summed E-state index contributed by atoms with van der Waals surface area (Å²) in [6.07, 6.45) is 1.68. The van der Waals surface area contributed by atoms with E-state index in [0.29, 0.717) is 20.0 Å². The molecule has 2 rings (SSSR count). The summed E-state index contributed by atoms with van der Waals surface area (Å²) >= 11 is 7.92. The Bertz CT molecular complexity index is 679. The van der Waals surface area contributed by atoms with Crippen molar-refractivity contribution in [3.63, 3.8) is 0 Å². The maximum atomic E-state index is 13.1. The van der Waals surface area contributed by atoms with Crippen LogP contribution in [0.15, 0.2) is 30.3 Å². The molecule has 0 aliphatic carbocycles. The SMILES string of the molecule is CCCc1cc(C(=O)Nc2ccc(F)cc2I)cc(Cl)n1. The molecular formula is C15H13ClFIN2O. The molecule has 3 nitrogen and oxygen atoms in total. The quantitative estimate of drug-likeness (QED) is 0.578. The molecule has 0 atom stereocenters. The fourth-order valence-corrected chi connectivity index (χ4v) is 2.69. The van der Waals surface area contributed by atoms with Gasteiger partial charge in [-0.1, -0.05) is 24.9 Å². The zero-order chi connectivity index (χ0) is 15.4. The zero-order valence-corrected chi connectivity index (χ0v) is 14.2. The van der Waals surface area contributed by atoms with E-state index in [1.54, 1.807) is 6.07 Å². The topological polar surface area (TPSA) is 42.0 Å². The number of halogens is 3. The molecule has 0 bridgehead atoms. The molecular weight excluding hydrogens is 406 g/mol. The third-order valence-electron chi connectivity index (χ3n) is 2.79. The van der Waals surface area contributed by atoms with Crippen LogP contribution in [0.1, 0.15) is 29.4 Å². The van der Waals surface area contributed by atoms with Crippen LogP contribution in [-0.2, 0) is 6.42 Å². The highest BCUT2D eigenvalue weighted by atomic mass is 127. The minimum absolute atomic E-state index is 0.291. The molecule has 1 aromatic carbocycles. The Hall–Kier alpha value is -1.21. The second-order valence-electron chi connectivity index (χ2n) is 4.50. The van der Waals surface area contributed by atoms with Gasteiger partial charge in [-0.05, 0) is 59.3 Å². The van der Waals surface area contributed by atoms with Gasteiger partial charge < -0.3 is 5.32 Å². The third kappa shape index (κ3) is 4.38. The highest BCUT2D eigenvalue weighted by Crippen LogP contribution is 2.20. The number of pyridine rings is 1. The number of hydrogen-bond acceptors (Lipinski definition) is 2. The number of carbonyl (C=O) groups is 1. The van der Waals surface area contributed by atoms with E-state index in [-0.39, 0.29) is 11.7 Å². The number of rotatable bonds is 4. The number of carbonyl (C=O) groups excluding carboxylic acids is 1. The summed E-state index contributed by atoms with van der Waals surface area (Å²) in [6, 6.07) is 7.44. The summed E-state index contributed by atoms with van der Waals surface area (Å²) in [5, 5.41) is 3.04. The van der Waals surface area contributed by atoms with Crippen LogP contribution in [0.25, 0.3) is 0 Å². The fraction of sp³-hybridized carbons (Fsp3) is 0.200. The molecule has 0 spiro atoms. The fourth-order valence-electron chi connectivity index (χ4n) is 1.85. The van der Waals surface area contributed by atoms with Gasteiger partial charge >= 0.3 is 0 Å². The lowest BCUT2D eigenvalue weighted by molar-refractivity contribution is 0.102. The van der Waals surface area contributed by atoms with Crippen molar-refractivity contribution in [3.05, 3.63) is 56.1 Å². The van der Waals surface area contributed by atoms with Gasteiger partial charge in [0.25, 0.3) is 5.91 Å². The first-order valence-electron chi connectivity index (χ1n) is 6.42. The largest absolute Gasteiger partial charge is 0.321 e. The van der Waals surface area contributed by atoms with E-state index in [9.17, 15) is 9.18 Å². The van der Waals surface area contributed by atoms with Gasteiger partial charge in [0.05, 0.1) is 5.69 Å². The predicted molar refractivity (Wildman–Crippen MR) is 90.3 cm³/mol. The van der Waals surface area contributed by atoms with Crippen LogP contribution in [-0.4, -0.2) is 10.9 Å². The molecule has 0 aliphatic heterocycles. The molecule has 0 saturated carbocycles. The van der Waals surface area contributed by atoms with Crippen LogP contribution in [0.5, 0.6) is 0 Å². The van der Waals surface area contributed by atoms with E-state index in [4.69, 9.17) is 11.6 Å². The summed E-state index contributed by atoms with van der Waals surface area (Å²) in [4.78, 5) is 16.4. The molecule has 1 aromatic heterocycles. The first-order valence-corrected chi connectivity index (χ1v) is 7.88. The average molecular weight is 419 g/mol. The number of nitrogens with zero attached hydrogens (tertiary/aromatic N) is 1. The Labute approximate surface area is 141 Å². The molecule has 110 valence electrons. The summed E-state index contributed by atoms with van der Waals surface area (Å²) in [6.45, 7) is 2.03. The highest BCUT2D eigenvalue weighted by Gasteiger charge is 2.11. The van der Waals surface area contributed by atoms with E-state index >= 15 is 0 Å². The normalized spacial score (nSPS) is 10.5. The minimum Gasteiger partial charge on any atom is -0.321 e. The van der Waals surface area contributed by atoms with Crippen molar-refractivity contribution >= 4 is 45.8 Å². The average Bonchev–Trinajstić information content (AvgIpc) is 2.41. The van der Waals surface area contributed by atoms with E-state index in [0.717, 1.165) is 18.5 Å². The van der Waals surface area contributed by atoms with Gasteiger partial charge in [0.1, 0.15) is 11.0 Å². The Morgan fingerprint density at radius 1 is 1.38 bits per heavy atom. The molecule has 0 saturated heterocycles. The Kier molecular flexibility index (Phi) is 5.52. The molecule has 0 aliphatic rings. The van der Waals surface area contributed by atoms with Gasteiger partial charge in [-0.3, -0.25) is 4.79 Å². The van der Waals surface area contributed by atoms with Gasteiger partial charge in [-0.25, -0.2) is 9.37 Å². The van der Waals surface area contributed by atoms with Crippen molar-refractivity contribution in [2.24, 2.45) is 0 Å². The van der Waals surface area contributed by atoms with E-state index in [1.807, 2.05) is 29.5 Å². The Balaban J connectivity index is 2.23. The maximum Gasteiger partial charge on any atom is 0.255 e. The molecule has 0 unspecified atom stereocenters. The first-order chi connectivity index (χ1) is 9.99. The molecule has 1 N–H and O–H groups in total. The molecule has 2 aromatic rings. The third-order valence-corrected chi connectivity index (χ3v) is 3.88. The van der Waals surface area contributed by atoms with Crippen LogP contribution in [0.2, 0.25) is 5.15 Å². The van der Waals surface area contributed by atoms with Gasteiger partial charge in [0.2, 0.25) is 0 Å².